The molecule has 0 spiro atoms. The van der Waals surface area contributed by atoms with Crippen LogP contribution in [0.15, 0.2) is 66.0 Å². The zero-order valence-electron chi connectivity index (χ0n) is 19.2. The number of benzene rings is 2. The van der Waals surface area contributed by atoms with Gasteiger partial charge in [-0.1, -0.05) is 30.0 Å². The Hall–Kier alpha value is -3.59. The van der Waals surface area contributed by atoms with E-state index >= 15 is 0 Å². The summed E-state index contributed by atoms with van der Waals surface area (Å²) < 4.78 is 5.34. The molecule has 1 amide bonds. The van der Waals surface area contributed by atoms with Gasteiger partial charge in [0.1, 0.15) is 22.9 Å². The van der Waals surface area contributed by atoms with Crippen molar-refractivity contribution in [3.05, 3.63) is 66.5 Å². The number of nitrogens with one attached hydrogen (secondary N) is 1. The van der Waals surface area contributed by atoms with Crippen molar-refractivity contribution in [3.63, 3.8) is 0 Å². The molecule has 2 heterocycles. The van der Waals surface area contributed by atoms with E-state index in [1.165, 1.54) is 18.7 Å². The predicted molar refractivity (Wildman–Crippen MR) is 135 cm³/mol. The fourth-order valence-electron chi connectivity index (χ4n) is 3.74. The van der Waals surface area contributed by atoms with Gasteiger partial charge in [-0.15, -0.1) is 0 Å². The monoisotopic (exact) mass is 477 g/mol. The third-order valence-electron chi connectivity index (χ3n) is 5.55. The van der Waals surface area contributed by atoms with Gasteiger partial charge in [0.15, 0.2) is 5.78 Å². The maximum Gasteiger partial charge on any atom is 0.234 e. The number of thioether (sulfide) groups is 1. The maximum absolute atomic E-state index is 12.4. The van der Waals surface area contributed by atoms with Crippen molar-refractivity contribution < 1.29 is 14.3 Å². The maximum atomic E-state index is 12.4. The molecule has 3 aromatic rings. The van der Waals surface area contributed by atoms with E-state index in [-0.39, 0.29) is 17.4 Å². The average molecular weight is 478 g/mol. The number of amides is 1. The van der Waals surface area contributed by atoms with Crippen molar-refractivity contribution in [2.75, 3.05) is 54.2 Å². The van der Waals surface area contributed by atoms with Crippen LogP contribution < -0.4 is 19.9 Å². The molecule has 0 aliphatic carbocycles. The van der Waals surface area contributed by atoms with Crippen molar-refractivity contribution >= 4 is 40.6 Å². The van der Waals surface area contributed by atoms with Crippen molar-refractivity contribution in [2.45, 2.75) is 11.9 Å². The van der Waals surface area contributed by atoms with Gasteiger partial charge < -0.3 is 19.9 Å². The Kier molecular flexibility index (Phi) is 7.64. The van der Waals surface area contributed by atoms with E-state index in [0.717, 1.165) is 48.5 Å². The molecule has 176 valence electrons. The Morgan fingerprint density at radius 1 is 1.00 bits per heavy atom. The van der Waals surface area contributed by atoms with E-state index in [1.807, 2.05) is 18.2 Å². The van der Waals surface area contributed by atoms with Gasteiger partial charge in [0.2, 0.25) is 5.91 Å². The molecule has 1 aromatic heterocycles. The number of carbonyl (C=O) groups is 2. The number of nitrogens with zero attached hydrogens (tertiary/aromatic N) is 4. The molecule has 0 saturated carbocycles. The number of aromatic nitrogens is 2. The van der Waals surface area contributed by atoms with E-state index in [9.17, 15) is 9.59 Å². The minimum Gasteiger partial charge on any atom is -0.497 e. The molecule has 2 aromatic carbocycles. The van der Waals surface area contributed by atoms with Crippen molar-refractivity contribution in [1.82, 2.24) is 9.97 Å². The molecule has 0 atom stereocenters. The SMILES string of the molecule is COc1cccc(N2CCN(c3cc(SCC(=O)Nc4cccc(C(C)=O)c4)ncn3)CC2)c1. The zero-order chi connectivity index (χ0) is 23.9. The Bertz CT molecular complexity index is 1160. The summed E-state index contributed by atoms with van der Waals surface area (Å²) in [5.41, 5.74) is 2.32. The van der Waals surface area contributed by atoms with Crippen LogP contribution in [0.25, 0.3) is 0 Å². The van der Waals surface area contributed by atoms with Gasteiger partial charge in [-0.25, -0.2) is 9.97 Å². The highest BCUT2D eigenvalue weighted by Gasteiger charge is 2.19. The minimum atomic E-state index is -0.155. The molecule has 1 aliphatic rings. The molecule has 1 saturated heterocycles. The van der Waals surface area contributed by atoms with Crippen LogP contribution in [0, 0.1) is 0 Å². The first-order valence-corrected chi connectivity index (χ1v) is 12.0. The zero-order valence-corrected chi connectivity index (χ0v) is 20.0. The standard InChI is InChI=1S/C25H27N5O3S/c1-18(31)19-5-3-6-20(13-19)28-24(32)16-34-25-15-23(26-17-27-25)30-11-9-29(10-12-30)21-7-4-8-22(14-21)33-2/h3-8,13-15,17H,9-12,16H2,1-2H3,(H,28,32). The molecule has 1 fully saturated rings. The van der Waals surface area contributed by atoms with Crippen LogP contribution in [-0.4, -0.2) is 60.7 Å². The quantitative estimate of drug-likeness (QED) is 0.298. The Morgan fingerprint density at radius 2 is 1.76 bits per heavy atom. The van der Waals surface area contributed by atoms with Crippen molar-refractivity contribution in [3.8, 4) is 5.75 Å². The second-order valence-electron chi connectivity index (χ2n) is 7.86. The van der Waals surface area contributed by atoms with E-state index in [4.69, 9.17) is 4.74 Å². The number of rotatable bonds is 8. The molecule has 1 N–H and O–H groups in total. The van der Waals surface area contributed by atoms with Gasteiger partial charge in [-0.3, -0.25) is 9.59 Å². The van der Waals surface area contributed by atoms with Crippen LogP contribution in [0.2, 0.25) is 0 Å². The minimum absolute atomic E-state index is 0.0386. The Morgan fingerprint density at radius 3 is 2.53 bits per heavy atom. The summed E-state index contributed by atoms with van der Waals surface area (Å²) in [7, 11) is 1.68. The molecular weight excluding hydrogens is 450 g/mol. The topological polar surface area (TPSA) is 87.7 Å². The fourth-order valence-corrected chi connectivity index (χ4v) is 4.40. The van der Waals surface area contributed by atoms with Gasteiger partial charge >= 0.3 is 0 Å². The summed E-state index contributed by atoms with van der Waals surface area (Å²) in [6, 6.07) is 17.0. The summed E-state index contributed by atoms with van der Waals surface area (Å²) in [6.45, 7) is 4.93. The van der Waals surface area contributed by atoms with Gasteiger partial charge in [-0.2, -0.15) is 0 Å². The highest BCUT2D eigenvalue weighted by atomic mass is 32.2. The summed E-state index contributed by atoms with van der Waals surface area (Å²) in [4.78, 5) is 37.2. The van der Waals surface area contributed by atoms with Crippen molar-refractivity contribution in [1.29, 1.82) is 0 Å². The Balaban J connectivity index is 1.30. The highest BCUT2D eigenvalue weighted by molar-refractivity contribution is 7.99. The lowest BCUT2D eigenvalue weighted by molar-refractivity contribution is -0.113. The van der Waals surface area contributed by atoms with E-state index in [0.29, 0.717) is 11.3 Å². The number of ether oxygens (including phenoxy) is 1. The molecule has 34 heavy (non-hydrogen) atoms. The first kappa shape index (κ1) is 23.6. The lowest BCUT2D eigenvalue weighted by atomic mass is 10.1. The fraction of sp³-hybridized carbons (Fsp3) is 0.280. The van der Waals surface area contributed by atoms with Crippen LogP contribution in [0.1, 0.15) is 17.3 Å². The molecule has 9 heteroatoms. The second-order valence-corrected chi connectivity index (χ2v) is 8.86. The first-order chi connectivity index (χ1) is 16.5. The smallest absolute Gasteiger partial charge is 0.234 e. The van der Waals surface area contributed by atoms with E-state index in [2.05, 4.69) is 37.2 Å². The van der Waals surface area contributed by atoms with Crippen LogP contribution in [0.3, 0.4) is 0 Å². The van der Waals surface area contributed by atoms with Crippen molar-refractivity contribution in [2.24, 2.45) is 0 Å². The summed E-state index contributed by atoms with van der Waals surface area (Å²) in [5.74, 6) is 1.73. The molecule has 4 rings (SSSR count). The predicted octanol–water partition coefficient (Wildman–Crippen LogP) is 3.75. The number of hydrogen-bond acceptors (Lipinski definition) is 8. The highest BCUT2D eigenvalue weighted by Crippen LogP contribution is 2.25. The van der Waals surface area contributed by atoms with Gasteiger partial charge in [0, 0.05) is 55.2 Å². The molecule has 0 radical (unpaired) electrons. The van der Waals surface area contributed by atoms with Crippen LogP contribution >= 0.6 is 11.8 Å². The Labute approximate surface area is 203 Å². The largest absolute Gasteiger partial charge is 0.497 e. The van der Waals surface area contributed by atoms with Gasteiger partial charge in [-0.05, 0) is 31.2 Å². The van der Waals surface area contributed by atoms with Crippen LogP contribution in [-0.2, 0) is 4.79 Å². The van der Waals surface area contributed by atoms with Crippen LogP contribution in [0.5, 0.6) is 5.75 Å². The number of ketones is 1. The van der Waals surface area contributed by atoms with Crippen LogP contribution in [0.4, 0.5) is 17.2 Å². The molecular formula is C25H27N5O3S. The number of methoxy groups -OCH3 is 1. The third-order valence-corrected chi connectivity index (χ3v) is 6.48. The number of Topliss-reactive ketones (excluding diaryl/α,β-unsaturated/α-hetero) is 1. The van der Waals surface area contributed by atoms with E-state index < -0.39 is 0 Å². The second kappa shape index (κ2) is 11.0. The first-order valence-electron chi connectivity index (χ1n) is 11.0. The summed E-state index contributed by atoms with van der Waals surface area (Å²) in [6.07, 6.45) is 1.54. The average Bonchev–Trinajstić information content (AvgIpc) is 2.88. The lowest BCUT2D eigenvalue weighted by Crippen LogP contribution is -2.46. The molecule has 8 nitrogen and oxygen atoms in total. The molecule has 0 bridgehead atoms. The number of anilines is 3. The summed E-state index contributed by atoms with van der Waals surface area (Å²) >= 11 is 1.36. The number of hydrogen-bond donors (Lipinski definition) is 1. The third kappa shape index (κ3) is 6.05. The number of piperazine rings is 1. The lowest BCUT2D eigenvalue weighted by Gasteiger charge is -2.36. The summed E-state index contributed by atoms with van der Waals surface area (Å²) in [5, 5.41) is 3.58. The number of carbonyl (C=O) groups excluding carboxylic acids is 2. The normalized spacial score (nSPS) is 13.5. The van der Waals surface area contributed by atoms with E-state index in [1.54, 1.807) is 37.7 Å². The molecule has 0 unspecified atom stereocenters. The van der Waals surface area contributed by atoms with Gasteiger partial charge in [0.05, 0.1) is 12.9 Å². The molecule has 1 aliphatic heterocycles. The van der Waals surface area contributed by atoms with Gasteiger partial charge in [0.25, 0.3) is 0 Å².